The lowest BCUT2D eigenvalue weighted by atomic mass is 10.2. The van der Waals surface area contributed by atoms with E-state index in [0.29, 0.717) is 10.9 Å². The van der Waals surface area contributed by atoms with E-state index in [1.54, 1.807) is 22.6 Å². The van der Waals surface area contributed by atoms with Crippen molar-refractivity contribution in [2.24, 2.45) is 0 Å². The van der Waals surface area contributed by atoms with Gasteiger partial charge in [-0.3, -0.25) is 9.78 Å². The highest BCUT2D eigenvalue weighted by Gasteiger charge is 2.34. The Bertz CT molecular complexity index is 467. The van der Waals surface area contributed by atoms with Crippen LogP contribution in [-0.2, 0) is 16.5 Å². The standard InChI is InChI=1S/C9H6BrF3INO3/c10-2-4-3-15-5(1-6(16)17)8(7(4)14)18-9(11,12)13/h3H,1-2H2,(H,16,17). The number of pyridine rings is 1. The van der Waals surface area contributed by atoms with Crippen LogP contribution in [0.2, 0.25) is 0 Å². The molecule has 0 atom stereocenters. The third kappa shape index (κ3) is 4.26. The first-order valence-corrected chi connectivity index (χ1v) is 6.64. The molecule has 4 nitrogen and oxygen atoms in total. The molecule has 1 aromatic heterocycles. The maximum absolute atomic E-state index is 12.3. The predicted octanol–water partition coefficient (Wildman–Crippen LogP) is 3.11. The lowest BCUT2D eigenvalue weighted by Crippen LogP contribution is -2.20. The van der Waals surface area contributed by atoms with E-state index in [1.165, 1.54) is 6.20 Å². The number of aromatic nitrogens is 1. The van der Waals surface area contributed by atoms with Gasteiger partial charge in [0.1, 0.15) is 0 Å². The Balaban J connectivity index is 3.26. The van der Waals surface area contributed by atoms with Gasteiger partial charge in [-0.15, -0.1) is 13.2 Å². The van der Waals surface area contributed by atoms with Gasteiger partial charge in [-0.2, -0.15) is 0 Å². The van der Waals surface area contributed by atoms with Crippen molar-refractivity contribution in [3.05, 3.63) is 21.0 Å². The molecule has 9 heteroatoms. The van der Waals surface area contributed by atoms with Crippen LogP contribution in [0.15, 0.2) is 6.20 Å². The largest absolute Gasteiger partial charge is 0.573 e. The summed E-state index contributed by atoms with van der Waals surface area (Å²) in [5.74, 6) is -1.83. The smallest absolute Gasteiger partial charge is 0.481 e. The van der Waals surface area contributed by atoms with E-state index in [-0.39, 0.29) is 9.26 Å². The normalized spacial score (nSPS) is 11.4. The summed E-state index contributed by atoms with van der Waals surface area (Å²) in [7, 11) is 0. The van der Waals surface area contributed by atoms with E-state index in [0.717, 1.165) is 0 Å². The lowest BCUT2D eigenvalue weighted by molar-refractivity contribution is -0.275. The zero-order chi connectivity index (χ0) is 13.9. The first-order chi connectivity index (χ1) is 8.24. The molecule has 0 spiro atoms. The summed E-state index contributed by atoms with van der Waals surface area (Å²) >= 11 is 4.77. The van der Waals surface area contributed by atoms with Crippen LogP contribution in [0.1, 0.15) is 11.3 Å². The Morgan fingerprint density at radius 3 is 2.61 bits per heavy atom. The number of aliphatic carboxylic acids is 1. The second kappa shape index (κ2) is 6.04. The highest BCUT2D eigenvalue weighted by Crippen LogP contribution is 2.33. The topological polar surface area (TPSA) is 59.4 Å². The van der Waals surface area contributed by atoms with E-state index < -0.39 is 24.5 Å². The van der Waals surface area contributed by atoms with E-state index in [2.05, 4.69) is 25.7 Å². The molecule has 1 N–H and O–H groups in total. The number of carboxylic acids is 1. The Labute approximate surface area is 122 Å². The van der Waals surface area contributed by atoms with Crippen molar-refractivity contribution in [2.75, 3.05) is 0 Å². The number of carbonyl (C=O) groups is 1. The molecule has 1 aromatic rings. The summed E-state index contributed by atoms with van der Waals surface area (Å²) in [5, 5.41) is 8.91. The van der Waals surface area contributed by atoms with Crippen molar-refractivity contribution in [2.45, 2.75) is 18.1 Å². The van der Waals surface area contributed by atoms with Crippen LogP contribution in [0.3, 0.4) is 0 Å². The molecule has 0 amide bonds. The zero-order valence-corrected chi connectivity index (χ0v) is 12.3. The van der Waals surface area contributed by atoms with Crippen molar-refractivity contribution in [3.8, 4) is 5.75 Å². The van der Waals surface area contributed by atoms with Crippen LogP contribution < -0.4 is 4.74 Å². The Kier molecular flexibility index (Phi) is 5.20. The minimum Gasteiger partial charge on any atom is -0.481 e. The number of nitrogens with zero attached hydrogens (tertiary/aromatic N) is 1. The van der Waals surface area contributed by atoms with E-state index in [1.807, 2.05) is 0 Å². The number of carboxylic acid groups (broad SMARTS) is 1. The van der Waals surface area contributed by atoms with Crippen LogP contribution in [0.25, 0.3) is 0 Å². The van der Waals surface area contributed by atoms with Gasteiger partial charge in [0.25, 0.3) is 0 Å². The fourth-order valence-corrected chi connectivity index (χ4v) is 2.83. The van der Waals surface area contributed by atoms with E-state index >= 15 is 0 Å². The van der Waals surface area contributed by atoms with E-state index in [4.69, 9.17) is 5.11 Å². The summed E-state index contributed by atoms with van der Waals surface area (Å²) in [6, 6.07) is 0. The summed E-state index contributed by atoms with van der Waals surface area (Å²) in [5.41, 5.74) is 0.234. The van der Waals surface area contributed by atoms with Crippen LogP contribution in [0.5, 0.6) is 5.75 Å². The van der Waals surface area contributed by atoms with Crippen LogP contribution in [0.4, 0.5) is 13.2 Å². The molecule has 1 rings (SSSR count). The highest BCUT2D eigenvalue weighted by atomic mass is 127. The summed E-state index contributed by atoms with van der Waals surface area (Å²) in [4.78, 5) is 14.3. The summed E-state index contributed by atoms with van der Waals surface area (Å²) in [6.07, 6.45) is -4.21. The summed E-state index contributed by atoms with van der Waals surface area (Å²) in [6.45, 7) is 0. The molecule has 0 radical (unpaired) electrons. The van der Waals surface area contributed by atoms with Gasteiger partial charge in [-0.1, -0.05) is 15.9 Å². The second-order valence-corrected chi connectivity index (χ2v) is 4.76. The molecular weight excluding hydrogens is 434 g/mol. The van der Waals surface area contributed by atoms with Gasteiger partial charge < -0.3 is 9.84 Å². The average molecular weight is 440 g/mol. The molecule has 0 aliphatic carbocycles. The molecule has 0 saturated heterocycles. The number of ether oxygens (including phenoxy) is 1. The molecule has 0 aromatic carbocycles. The Morgan fingerprint density at radius 2 is 2.17 bits per heavy atom. The minimum atomic E-state index is -4.89. The first-order valence-electron chi connectivity index (χ1n) is 4.44. The van der Waals surface area contributed by atoms with Crippen molar-refractivity contribution >= 4 is 44.5 Å². The van der Waals surface area contributed by atoms with Crippen LogP contribution >= 0.6 is 38.5 Å². The van der Waals surface area contributed by atoms with Crippen molar-refractivity contribution in [1.29, 1.82) is 0 Å². The number of alkyl halides is 4. The number of hydrogen-bond acceptors (Lipinski definition) is 3. The van der Waals surface area contributed by atoms with Crippen LogP contribution in [0, 0.1) is 3.57 Å². The molecule has 0 fully saturated rings. The maximum atomic E-state index is 12.3. The highest BCUT2D eigenvalue weighted by molar-refractivity contribution is 14.1. The van der Waals surface area contributed by atoms with Gasteiger partial charge in [-0.05, 0) is 28.2 Å². The van der Waals surface area contributed by atoms with Gasteiger partial charge in [0, 0.05) is 11.5 Å². The molecule has 18 heavy (non-hydrogen) atoms. The molecule has 0 saturated carbocycles. The van der Waals surface area contributed by atoms with Gasteiger partial charge in [-0.25, -0.2) is 0 Å². The predicted molar refractivity (Wildman–Crippen MR) is 67.6 cm³/mol. The molecule has 0 bridgehead atoms. The molecule has 0 aliphatic heterocycles. The molecule has 0 aliphatic rings. The Morgan fingerprint density at radius 1 is 1.56 bits per heavy atom. The first kappa shape index (κ1) is 15.5. The maximum Gasteiger partial charge on any atom is 0.573 e. The van der Waals surface area contributed by atoms with Crippen molar-refractivity contribution in [1.82, 2.24) is 4.98 Å². The van der Waals surface area contributed by atoms with Crippen LogP contribution in [-0.4, -0.2) is 22.4 Å². The minimum absolute atomic E-state index is 0.188. The second-order valence-electron chi connectivity index (χ2n) is 3.13. The molecule has 1 heterocycles. The average Bonchev–Trinajstić information content (AvgIpc) is 2.21. The fraction of sp³-hybridized carbons (Fsp3) is 0.333. The zero-order valence-electron chi connectivity index (χ0n) is 8.59. The van der Waals surface area contributed by atoms with Gasteiger partial charge in [0.15, 0.2) is 5.75 Å². The number of halogens is 5. The van der Waals surface area contributed by atoms with Gasteiger partial charge in [0.2, 0.25) is 0 Å². The molecule has 100 valence electrons. The number of hydrogen-bond donors (Lipinski definition) is 1. The third-order valence-corrected chi connectivity index (χ3v) is 3.59. The number of rotatable bonds is 4. The van der Waals surface area contributed by atoms with Crippen molar-refractivity contribution < 1.29 is 27.8 Å². The molecular formula is C9H6BrF3INO3. The monoisotopic (exact) mass is 439 g/mol. The van der Waals surface area contributed by atoms with Gasteiger partial charge in [0.05, 0.1) is 15.7 Å². The lowest BCUT2D eigenvalue weighted by Gasteiger charge is -2.15. The Hall–Kier alpha value is -0.580. The fourth-order valence-electron chi connectivity index (χ4n) is 1.13. The van der Waals surface area contributed by atoms with Gasteiger partial charge >= 0.3 is 12.3 Å². The molecule has 0 unspecified atom stereocenters. The van der Waals surface area contributed by atoms with Crippen molar-refractivity contribution in [3.63, 3.8) is 0 Å². The summed E-state index contributed by atoms with van der Waals surface area (Å²) < 4.78 is 40.8. The van der Waals surface area contributed by atoms with E-state index in [9.17, 15) is 18.0 Å². The SMILES string of the molecule is O=C(O)Cc1ncc(CBr)c(I)c1OC(F)(F)F. The quantitative estimate of drug-likeness (QED) is 0.578. The third-order valence-electron chi connectivity index (χ3n) is 1.80.